The van der Waals surface area contributed by atoms with E-state index in [1.165, 1.54) is 0 Å². The van der Waals surface area contributed by atoms with E-state index in [4.69, 9.17) is 11.6 Å². The zero-order chi connectivity index (χ0) is 15.0. The van der Waals surface area contributed by atoms with Gasteiger partial charge in [-0.3, -0.25) is 0 Å². The third-order valence-corrected chi connectivity index (χ3v) is 3.28. The smallest absolute Gasteiger partial charge is 0.129 e. The van der Waals surface area contributed by atoms with E-state index in [-0.39, 0.29) is 0 Å². The highest BCUT2D eigenvalue weighted by molar-refractivity contribution is 6.30. The van der Waals surface area contributed by atoms with Gasteiger partial charge < -0.3 is 5.11 Å². The van der Waals surface area contributed by atoms with E-state index >= 15 is 0 Å². The van der Waals surface area contributed by atoms with Gasteiger partial charge in [0.05, 0.1) is 18.3 Å². The van der Waals surface area contributed by atoms with Crippen LogP contribution in [0.1, 0.15) is 13.8 Å². The highest BCUT2D eigenvalue weighted by Gasteiger charge is 2.15. The third-order valence-electron chi connectivity index (χ3n) is 3.07. The number of pyridine rings is 1. The molecule has 0 amide bonds. The summed E-state index contributed by atoms with van der Waals surface area (Å²) in [6.45, 7) is 3.86. The maximum atomic E-state index is 9.81. The fourth-order valence-electron chi connectivity index (χ4n) is 2.18. The molecule has 0 saturated heterocycles. The molecule has 0 radical (unpaired) electrons. The Morgan fingerprint density at radius 3 is 2.81 bits per heavy atom. The molecule has 3 aromatic rings. The number of rotatable bonds is 3. The summed E-state index contributed by atoms with van der Waals surface area (Å²) in [4.78, 5) is 4.06. The van der Waals surface area contributed by atoms with Gasteiger partial charge in [0.2, 0.25) is 0 Å². The van der Waals surface area contributed by atoms with Crippen LogP contribution in [0.2, 0.25) is 5.15 Å². The maximum Gasteiger partial charge on any atom is 0.129 e. The molecular formula is C15H15ClN4O. The number of halogens is 1. The minimum absolute atomic E-state index is 0.392. The Bertz CT molecular complexity index is 792. The van der Waals surface area contributed by atoms with Crippen molar-refractivity contribution < 1.29 is 5.11 Å². The van der Waals surface area contributed by atoms with Crippen LogP contribution in [0.5, 0.6) is 0 Å². The number of aromatic nitrogens is 4. The summed E-state index contributed by atoms with van der Waals surface area (Å²) in [5, 5.41) is 20.5. The third kappa shape index (κ3) is 3.20. The number of hydrogen-bond acceptors (Lipinski definition) is 4. The lowest BCUT2D eigenvalue weighted by Gasteiger charge is -2.15. The molecule has 0 fully saturated rings. The van der Waals surface area contributed by atoms with E-state index in [0.717, 1.165) is 22.0 Å². The van der Waals surface area contributed by atoms with Gasteiger partial charge in [-0.05, 0) is 31.4 Å². The average Bonchev–Trinajstić information content (AvgIpc) is 2.84. The van der Waals surface area contributed by atoms with Crippen LogP contribution < -0.4 is 0 Å². The number of benzene rings is 1. The minimum Gasteiger partial charge on any atom is -0.389 e. The predicted molar refractivity (Wildman–Crippen MR) is 82.1 cm³/mol. The molecule has 5 nitrogen and oxygen atoms in total. The summed E-state index contributed by atoms with van der Waals surface area (Å²) in [6, 6.07) is 7.77. The first kappa shape index (κ1) is 14.0. The van der Waals surface area contributed by atoms with Gasteiger partial charge >= 0.3 is 0 Å². The van der Waals surface area contributed by atoms with Gasteiger partial charge in [-0.15, -0.1) is 5.10 Å². The molecule has 0 atom stereocenters. The van der Waals surface area contributed by atoms with Gasteiger partial charge in [-0.25, -0.2) is 9.67 Å². The summed E-state index contributed by atoms with van der Waals surface area (Å²) in [6.07, 6.45) is 3.56. The Hall–Kier alpha value is -1.98. The fraction of sp³-hybridized carbons (Fsp3) is 0.267. The van der Waals surface area contributed by atoms with Crippen molar-refractivity contribution >= 4 is 22.4 Å². The van der Waals surface area contributed by atoms with Crippen molar-refractivity contribution in [2.75, 3.05) is 0 Å². The van der Waals surface area contributed by atoms with Gasteiger partial charge in [0, 0.05) is 17.1 Å². The molecule has 6 heteroatoms. The topological polar surface area (TPSA) is 63.8 Å². The highest BCUT2D eigenvalue weighted by atomic mass is 35.5. The Labute approximate surface area is 127 Å². The van der Waals surface area contributed by atoms with Crippen molar-refractivity contribution in [3.63, 3.8) is 0 Å². The first-order valence-electron chi connectivity index (χ1n) is 6.59. The molecule has 0 aliphatic rings. The van der Waals surface area contributed by atoms with Crippen molar-refractivity contribution in [1.29, 1.82) is 0 Å². The molecule has 2 aromatic heterocycles. The average molecular weight is 303 g/mol. The molecule has 0 aliphatic carbocycles. The van der Waals surface area contributed by atoms with E-state index in [9.17, 15) is 5.11 Å². The first-order valence-corrected chi connectivity index (χ1v) is 6.97. The second kappa shape index (κ2) is 5.09. The molecule has 108 valence electrons. The molecule has 0 aliphatic heterocycles. The van der Waals surface area contributed by atoms with Gasteiger partial charge in [-0.2, -0.15) is 0 Å². The van der Waals surface area contributed by atoms with Crippen molar-refractivity contribution in [3.05, 3.63) is 41.8 Å². The summed E-state index contributed by atoms with van der Waals surface area (Å²) < 4.78 is 1.64. The summed E-state index contributed by atoms with van der Waals surface area (Å²) in [5.74, 6) is 0. The largest absolute Gasteiger partial charge is 0.389 e. The van der Waals surface area contributed by atoms with E-state index in [2.05, 4.69) is 15.3 Å². The van der Waals surface area contributed by atoms with Crippen LogP contribution in [0.15, 0.2) is 36.7 Å². The Morgan fingerprint density at radius 1 is 1.24 bits per heavy atom. The van der Waals surface area contributed by atoms with E-state index in [1.807, 2.05) is 30.5 Å². The molecule has 2 heterocycles. The Kier molecular flexibility index (Phi) is 3.39. The molecule has 1 aromatic carbocycles. The Morgan fingerprint density at radius 2 is 2.05 bits per heavy atom. The number of fused-ring (bicyclic) bond motifs is 1. The van der Waals surface area contributed by atoms with Crippen molar-refractivity contribution in [2.45, 2.75) is 26.0 Å². The van der Waals surface area contributed by atoms with Gasteiger partial charge in [0.25, 0.3) is 0 Å². The quantitative estimate of drug-likeness (QED) is 0.756. The lowest BCUT2D eigenvalue weighted by molar-refractivity contribution is 0.0571. The molecule has 0 saturated carbocycles. The molecule has 21 heavy (non-hydrogen) atoms. The first-order chi connectivity index (χ1) is 9.90. The standard InChI is InChI=1S/C15H15ClN4O/c1-15(2,21)9-20-8-13(18-19-20)10-3-4-11-7-17-14(16)6-12(11)5-10/h3-8,21H,9H2,1-2H3. The Balaban J connectivity index is 1.96. The molecule has 0 unspecified atom stereocenters. The lowest BCUT2D eigenvalue weighted by Crippen LogP contribution is -2.26. The second-order valence-electron chi connectivity index (χ2n) is 5.68. The zero-order valence-corrected chi connectivity index (χ0v) is 12.5. The van der Waals surface area contributed by atoms with Crippen LogP contribution in [0, 0.1) is 0 Å². The summed E-state index contributed by atoms with van der Waals surface area (Å²) >= 11 is 5.92. The van der Waals surface area contributed by atoms with Crippen molar-refractivity contribution in [2.24, 2.45) is 0 Å². The predicted octanol–water partition coefficient (Wildman–Crippen LogP) is 2.92. The molecule has 1 N–H and O–H groups in total. The van der Waals surface area contributed by atoms with Crippen LogP contribution in [0.25, 0.3) is 22.0 Å². The van der Waals surface area contributed by atoms with Gasteiger partial charge in [0.15, 0.2) is 0 Å². The minimum atomic E-state index is -0.826. The van der Waals surface area contributed by atoms with E-state index in [1.54, 1.807) is 24.7 Å². The van der Waals surface area contributed by atoms with Crippen LogP contribution in [0.4, 0.5) is 0 Å². The van der Waals surface area contributed by atoms with Crippen LogP contribution in [-0.4, -0.2) is 30.7 Å². The normalized spacial score (nSPS) is 12.0. The van der Waals surface area contributed by atoms with Gasteiger partial charge in [0.1, 0.15) is 10.8 Å². The highest BCUT2D eigenvalue weighted by Crippen LogP contribution is 2.24. The number of nitrogens with zero attached hydrogens (tertiary/aromatic N) is 4. The SMILES string of the molecule is CC(C)(O)Cn1cc(-c2ccc3cnc(Cl)cc3c2)nn1. The zero-order valence-electron chi connectivity index (χ0n) is 11.8. The van der Waals surface area contributed by atoms with Crippen LogP contribution in [0.3, 0.4) is 0 Å². The summed E-state index contributed by atoms with van der Waals surface area (Å²) in [7, 11) is 0. The van der Waals surface area contributed by atoms with E-state index in [0.29, 0.717) is 11.7 Å². The number of hydrogen-bond donors (Lipinski definition) is 1. The fourth-order valence-corrected chi connectivity index (χ4v) is 2.34. The van der Waals surface area contributed by atoms with Crippen molar-refractivity contribution in [1.82, 2.24) is 20.0 Å². The van der Waals surface area contributed by atoms with Crippen LogP contribution >= 0.6 is 11.6 Å². The number of aliphatic hydroxyl groups is 1. The molecule has 0 spiro atoms. The van der Waals surface area contributed by atoms with Crippen molar-refractivity contribution in [3.8, 4) is 11.3 Å². The second-order valence-corrected chi connectivity index (χ2v) is 6.07. The lowest BCUT2D eigenvalue weighted by atomic mass is 10.1. The summed E-state index contributed by atoms with van der Waals surface area (Å²) in [5.41, 5.74) is 0.883. The van der Waals surface area contributed by atoms with E-state index < -0.39 is 5.60 Å². The van der Waals surface area contributed by atoms with Gasteiger partial charge in [-0.1, -0.05) is 28.9 Å². The maximum absolute atomic E-state index is 9.81. The monoisotopic (exact) mass is 302 g/mol. The molecular weight excluding hydrogens is 288 g/mol. The van der Waals surface area contributed by atoms with Crippen LogP contribution in [-0.2, 0) is 6.54 Å². The molecule has 3 rings (SSSR count). The molecule has 0 bridgehead atoms.